The lowest BCUT2D eigenvalue weighted by molar-refractivity contribution is 0.582. The van der Waals surface area contributed by atoms with Crippen LogP contribution in [0.3, 0.4) is 0 Å². The second kappa shape index (κ2) is 3.57. The molecule has 0 aliphatic heterocycles. The van der Waals surface area contributed by atoms with Gasteiger partial charge in [0.05, 0.1) is 12.0 Å². The molecule has 1 heterocycles. The highest BCUT2D eigenvalue weighted by atomic mass is 32.1. The number of nitrogens with one attached hydrogen (secondary N) is 1. The van der Waals surface area contributed by atoms with E-state index < -0.39 is 0 Å². The SMILES string of the molecule is CCCc1[nH]cnc(=S)c1F. The Morgan fingerprint density at radius 2 is 2.45 bits per heavy atom. The molecular formula is C7H9FN2S. The van der Waals surface area contributed by atoms with E-state index in [0.717, 1.165) is 6.42 Å². The standard InChI is InChI=1S/C7H9FN2S/c1-2-3-5-6(8)7(11)10-4-9-5/h4H,2-3H2,1H3,(H,9,10,11). The summed E-state index contributed by atoms with van der Waals surface area (Å²) in [4.78, 5) is 6.33. The van der Waals surface area contributed by atoms with Crippen molar-refractivity contribution in [1.82, 2.24) is 9.97 Å². The molecule has 60 valence electrons. The van der Waals surface area contributed by atoms with Crippen LogP contribution >= 0.6 is 12.2 Å². The largest absolute Gasteiger partial charge is 0.347 e. The minimum absolute atomic E-state index is 0.0483. The second-order valence-electron chi connectivity index (χ2n) is 2.25. The van der Waals surface area contributed by atoms with Gasteiger partial charge in [-0.15, -0.1) is 0 Å². The lowest BCUT2D eigenvalue weighted by atomic mass is 10.2. The zero-order valence-electron chi connectivity index (χ0n) is 6.22. The summed E-state index contributed by atoms with van der Waals surface area (Å²) in [7, 11) is 0. The molecule has 0 fully saturated rings. The minimum atomic E-state index is -0.385. The third kappa shape index (κ3) is 1.83. The van der Waals surface area contributed by atoms with Crippen molar-refractivity contribution >= 4 is 12.2 Å². The topological polar surface area (TPSA) is 28.7 Å². The molecule has 0 saturated carbocycles. The molecule has 0 unspecified atom stereocenters. The van der Waals surface area contributed by atoms with Crippen molar-refractivity contribution in [1.29, 1.82) is 0 Å². The molecule has 0 atom stereocenters. The molecule has 0 saturated heterocycles. The van der Waals surface area contributed by atoms with Gasteiger partial charge in [0.15, 0.2) is 10.5 Å². The molecule has 1 aromatic heterocycles. The van der Waals surface area contributed by atoms with E-state index in [2.05, 4.69) is 22.2 Å². The summed E-state index contributed by atoms with van der Waals surface area (Å²) in [6.07, 6.45) is 3.00. The zero-order valence-corrected chi connectivity index (χ0v) is 7.04. The van der Waals surface area contributed by atoms with Crippen molar-refractivity contribution in [2.75, 3.05) is 0 Å². The molecular weight excluding hydrogens is 163 g/mol. The highest BCUT2D eigenvalue weighted by molar-refractivity contribution is 7.71. The quantitative estimate of drug-likeness (QED) is 0.693. The van der Waals surface area contributed by atoms with E-state index in [1.807, 2.05) is 6.92 Å². The first-order chi connectivity index (χ1) is 5.25. The lowest BCUT2D eigenvalue weighted by Gasteiger charge is -1.98. The first-order valence-electron chi connectivity index (χ1n) is 3.47. The Morgan fingerprint density at radius 3 is 3.09 bits per heavy atom. The Kier molecular flexibility index (Phi) is 2.70. The van der Waals surface area contributed by atoms with Crippen molar-refractivity contribution in [3.63, 3.8) is 0 Å². The molecule has 1 N–H and O–H groups in total. The summed E-state index contributed by atoms with van der Waals surface area (Å²) >= 11 is 4.65. The molecule has 4 heteroatoms. The van der Waals surface area contributed by atoms with Gasteiger partial charge in [0.1, 0.15) is 0 Å². The smallest absolute Gasteiger partial charge is 0.179 e. The predicted molar refractivity (Wildman–Crippen MR) is 43.4 cm³/mol. The van der Waals surface area contributed by atoms with Crippen molar-refractivity contribution in [3.05, 3.63) is 22.5 Å². The second-order valence-corrected chi connectivity index (χ2v) is 2.64. The number of aryl methyl sites for hydroxylation is 1. The van der Waals surface area contributed by atoms with Gasteiger partial charge in [-0.1, -0.05) is 25.6 Å². The van der Waals surface area contributed by atoms with Gasteiger partial charge in [0.25, 0.3) is 0 Å². The average molecular weight is 172 g/mol. The van der Waals surface area contributed by atoms with Crippen molar-refractivity contribution in [2.24, 2.45) is 0 Å². The van der Waals surface area contributed by atoms with E-state index in [1.54, 1.807) is 0 Å². The molecule has 11 heavy (non-hydrogen) atoms. The lowest BCUT2D eigenvalue weighted by Crippen LogP contribution is -1.96. The van der Waals surface area contributed by atoms with Crippen LogP contribution in [0.5, 0.6) is 0 Å². The highest BCUT2D eigenvalue weighted by Gasteiger charge is 2.01. The Morgan fingerprint density at radius 1 is 1.73 bits per heavy atom. The van der Waals surface area contributed by atoms with Crippen LogP contribution in [0.1, 0.15) is 19.0 Å². The number of halogens is 1. The molecule has 0 aliphatic carbocycles. The monoisotopic (exact) mass is 172 g/mol. The third-order valence-electron chi connectivity index (χ3n) is 1.37. The van der Waals surface area contributed by atoms with Crippen LogP contribution in [-0.2, 0) is 6.42 Å². The van der Waals surface area contributed by atoms with E-state index in [1.165, 1.54) is 6.33 Å². The van der Waals surface area contributed by atoms with Gasteiger partial charge in [-0.3, -0.25) is 0 Å². The van der Waals surface area contributed by atoms with Gasteiger partial charge < -0.3 is 4.98 Å². The van der Waals surface area contributed by atoms with E-state index >= 15 is 0 Å². The van der Waals surface area contributed by atoms with Gasteiger partial charge in [0, 0.05) is 0 Å². The Balaban J connectivity index is 3.06. The van der Waals surface area contributed by atoms with E-state index in [0.29, 0.717) is 12.1 Å². The van der Waals surface area contributed by atoms with Gasteiger partial charge >= 0.3 is 0 Å². The highest BCUT2D eigenvalue weighted by Crippen LogP contribution is 2.05. The molecule has 0 amide bonds. The van der Waals surface area contributed by atoms with E-state index in [-0.39, 0.29) is 10.5 Å². The fourth-order valence-electron chi connectivity index (χ4n) is 0.850. The van der Waals surface area contributed by atoms with Crippen LogP contribution in [0.25, 0.3) is 0 Å². The molecule has 0 radical (unpaired) electrons. The van der Waals surface area contributed by atoms with Gasteiger partial charge in [0.2, 0.25) is 0 Å². The van der Waals surface area contributed by atoms with Crippen molar-refractivity contribution in [2.45, 2.75) is 19.8 Å². The third-order valence-corrected chi connectivity index (χ3v) is 1.66. The average Bonchev–Trinajstić information content (AvgIpc) is 1.99. The number of hydrogen-bond acceptors (Lipinski definition) is 2. The first kappa shape index (κ1) is 8.33. The number of aromatic nitrogens is 2. The van der Waals surface area contributed by atoms with Crippen LogP contribution in [-0.4, -0.2) is 9.97 Å². The number of hydrogen-bond donors (Lipinski definition) is 1. The maximum atomic E-state index is 13.0. The molecule has 0 aliphatic rings. The summed E-state index contributed by atoms with van der Waals surface area (Å²) in [6, 6.07) is 0. The van der Waals surface area contributed by atoms with Gasteiger partial charge in [-0.2, -0.15) is 0 Å². The molecule has 1 aromatic rings. The van der Waals surface area contributed by atoms with E-state index in [9.17, 15) is 4.39 Å². The molecule has 0 spiro atoms. The van der Waals surface area contributed by atoms with Crippen LogP contribution in [0, 0.1) is 10.5 Å². The summed E-state index contributed by atoms with van der Waals surface area (Å²) in [5.41, 5.74) is 0.549. The fraction of sp³-hybridized carbons (Fsp3) is 0.429. The molecule has 0 bridgehead atoms. The molecule has 2 nitrogen and oxygen atoms in total. The maximum Gasteiger partial charge on any atom is 0.179 e. The normalized spacial score (nSPS) is 10.0. The van der Waals surface area contributed by atoms with Gasteiger partial charge in [-0.25, -0.2) is 9.37 Å². The number of aromatic amines is 1. The summed E-state index contributed by atoms with van der Waals surface area (Å²) < 4.78 is 13.0. The summed E-state index contributed by atoms with van der Waals surface area (Å²) in [6.45, 7) is 1.98. The minimum Gasteiger partial charge on any atom is -0.347 e. The first-order valence-corrected chi connectivity index (χ1v) is 3.88. The number of nitrogens with zero attached hydrogens (tertiary/aromatic N) is 1. The number of rotatable bonds is 2. The van der Waals surface area contributed by atoms with Crippen molar-refractivity contribution < 1.29 is 4.39 Å². The van der Waals surface area contributed by atoms with Crippen LogP contribution in [0.15, 0.2) is 6.33 Å². The fourth-order valence-corrected chi connectivity index (χ4v) is 1.03. The van der Waals surface area contributed by atoms with Crippen molar-refractivity contribution in [3.8, 4) is 0 Å². The molecule has 1 rings (SSSR count). The van der Waals surface area contributed by atoms with Crippen LogP contribution in [0.2, 0.25) is 0 Å². The Hall–Kier alpha value is -0.770. The number of H-pyrrole nitrogens is 1. The van der Waals surface area contributed by atoms with E-state index in [4.69, 9.17) is 0 Å². The van der Waals surface area contributed by atoms with Crippen LogP contribution in [0.4, 0.5) is 4.39 Å². The summed E-state index contributed by atoms with van der Waals surface area (Å²) in [5.74, 6) is -0.385. The van der Waals surface area contributed by atoms with Gasteiger partial charge in [-0.05, 0) is 6.42 Å². The predicted octanol–water partition coefficient (Wildman–Crippen LogP) is 2.23. The maximum absolute atomic E-state index is 13.0. The summed E-state index contributed by atoms with van der Waals surface area (Å²) in [5, 5.41) is 0. The Labute approximate surface area is 69.5 Å². The zero-order chi connectivity index (χ0) is 8.27. The Bertz CT molecular complexity index is 295. The van der Waals surface area contributed by atoms with Crippen LogP contribution < -0.4 is 0 Å². The molecule has 0 aromatic carbocycles.